The fourth-order valence-electron chi connectivity index (χ4n) is 4.47. The van der Waals surface area contributed by atoms with Gasteiger partial charge >= 0.3 is 16.5 Å². The molecular formula is C28H53O2Si. The van der Waals surface area contributed by atoms with E-state index in [9.17, 15) is 4.79 Å². The molecule has 0 rings (SSSR count). The number of rotatable bonds is 21. The maximum atomic E-state index is 12.2. The van der Waals surface area contributed by atoms with Crippen molar-refractivity contribution in [1.82, 2.24) is 0 Å². The quantitative estimate of drug-likeness (QED) is 0.0991. The van der Waals surface area contributed by atoms with Crippen LogP contribution in [0, 0.1) is 11.8 Å². The zero-order valence-electron chi connectivity index (χ0n) is 21.7. The second-order valence-electron chi connectivity index (χ2n) is 10.2. The lowest BCUT2D eigenvalue weighted by Gasteiger charge is -2.19. The Balaban J connectivity index is 3.83. The minimum Gasteiger partial charge on any atom is -0.513 e. The van der Waals surface area contributed by atoms with E-state index >= 15 is 0 Å². The molecule has 0 aliphatic rings. The molecule has 0 aromatic carbocycles. The summed E-state index contributed by atoms with van der Waals surface area (Å²) in [7, 11) is 2.94. The Morgan fingerprint density at radius 3 is 1.39 bits per heavy atom. The number of carbonyl (C=O) groups excluding carboxylic acids is 1. The second kappa shape index (κ2) is 21.3. The van der Waals surface area contributed by atoms with E-state index in [2.05, 4.69) is 45.1 Å². The van der Waals surface area contributed by atoms with E-state index in [0.717, 1.165) is 18.4 Å². The van der Waals surface area contributed by atoms with Crippen LogP contribution in [0.5, 0.6) is 0 Å². The van der Waals surface area contributed by atoms with Crippen molar-refractivity contribution >= 4 is 16.5 Å². The highest BCUT2D eigenvalue weighted by Gasteiger charge is 2.19. The van der Waals surface area contributed by atoms with Crippen molar-refractivity contribution in [2.45, 2.75) is 150 Å². The van der Waals surface area contributed by atoms with Crippen LogP contribution in [-0.4, -0.2) is 16.5 Å². The molecule has 0 aliphatic carbocycles. The fourth-order valence-corrected chi connectivity index (χ4v) is 4.59. The van der Waals surface area contributed by atoms with E-state index in [1.54, 1.807) is 0 Å². The topological polar surface area (TPSA) is 26.3 Å². The molecule has 2 nitrogen and oxygen atoms in total. The average molecular weight is 450 g/mol. The van der Waals surface area contributed by atoms with Crippen LogP contribution in [-0.2, 0) is 9.22 Å². The van der Waals surface area contributed by atoms with Crippen LogP contribution in [0.1, 0.15) is 150 Å². The van der Waals surface area contributed by atoms with Crippen molar-refractivity contribution < 1.29 is 9.22 Å². The lowest BCUT2D eigenvalue weighted by Crippen LogP contribution is -2.13. The van der Waals surface area contributed by atoms with Gasteiger partial charge in [-0.1, -0.05) is 137 Å². The highest BCUT2D eigenvalue weighted by Crippen LogP contribution is 2.27. The number of carbonyl (C=O) groups is 1. The third-order valence-corrected chi connectivity index (χ3v) is 6.52. The molecule has 3 radical (unpaired) electrons. The highest BCUT2D eigenvalue weighted by atomic mass is 28.2. The van der Waals surface area contributed by atoms with Gasteiger partial charge in [-0.25, -0.2) is 4.79 Å². The summed E-state index contributed by atoms with van der Waals surface area (Å²) in [5.41, 5.74) is 2.18. The van der Waals surface area contributed by atoms with E-state index < -0.39 is 0 Å². The van der Waals surface area contributed by atoms with E-state index in [4.69, 9.17) is 4.43 Å². The largest absolute Gasteiger partial charge is 0.513 e. The van der Waals surface area contributed by atoms with Gasteiger partial charge in [-0.2, -0.15) is 0 Å². The smallest absolute Gasteiger partial charge is 0.345 e. The Bertz CT molecular complexity index is 454. The number of hydrogen-bond acceptors (Lipinski definition) is 2. The summed E-state index contributed by atoms with van der Waals surface area (Å²) in [6.45, 7) is 11.0. The lowest BCUT2D eigenvalue weighted by molar-refractivity contribution is -0.130. The second-order valence-corrected chi connectivity index (χ2v) is 10.4. The molecule has 0 atom stereocenters. The Kier molecular flexibility index (Phi) is 20.9. The highest BCUT2D eigenvalue weighted by molar-refractivity contribution is 6.09. The van der Waals surface area contributed by atoms with E-state index in [-0.39, 0.29) is 5.97 Å². The summed E-state index contributed by atoms with van der Waals surface area (Å²) < 4.78 is 4.89. The van der Waals surface area contributed by atoms with Crippen LogP contribution in [0.25, 0.3) is 0 Å². The van der Waals surface area contributed by atoms with Gasteiger partial charge in [0.1, 0.15) is 0 Å². The summed E-state index contributed by atoms with van der Waals surface area (Å²) in [4.78, 5) is 12.2. The molecule has 0 aromatic rings. The molecule has 181 valence electrons. The summed E-state index contributed by atoms with van der Waals surface area (Å²) in [6.07, 6.45) is 24.0. The number of allylic oxidation sites excluding steroid dienone is 1. The molecule has 0 amide bonds. The van der Waals surface area contributed by atoms with Crippen LogP contribution in [0.15, 0.2) is 11.1 Å². The molecule has 0 aliphatic heterocycles. The van der Waals surface area contributed by atoms with Gasteiger partial charge in [-0.3, -0.25) is 0 Å². The normalized spacial score (nSPS) is 12.5. The molecule has 0 unspecified atom stereocenters. The maximum Gasteiger partial charge on any atom is 0.345 e. The van der Waals surface area contributed by atoms with Gasteiger partial charge in [0.25, 0.3) is 0 Å². The third kappa shape index (κ3) is 17.6. The Morgan fingerprint density at radius 1 is 0.677 bits per heavy atom. The molecule has 31 heavy (non-hydrogen) atoms. The van der Waals surface area contributed by atoms with Crippen molar-refractivity contribution in [3.8, 4) is 0 Å². The minimum atomic E-state index is -0.203. The summed E-state index contributed by atoms with van der Waals surface area (Å²) in [5, 5.41) is 0. The molecule has 0 aromatic heterocycles. The van der Waals surface area contributed by atoms with Crippen LogP contribution < -0.4 is 0 Å². The van der Waals surface area contributed by atoms with Crippen LogP contribution in [0.2, 0.25) is 0 Å². The van der Waals surface area contributed by atoms with Gasteiger partial charge in [0.2, 0.25) is 0 Å². The first-order valence-corrected chi connectivity index (χ1v) is 13.9. The van der Waals surface area contributed by atoms with Crippen LogP contribution in [0.4, 0.5) is 0 Å². The van der Waals surface area contributed by atoms with Gasteiger partial charge in [-0.05, 0) is 31.1 Å². The van der Waals surface area contributed by atoms with Gasteiger partial charge in [-0.15, -0.1) is 0 Å². The van der Waals surface area contributed by atoms with Crippen molar-refractivity contribution in [2.75, 3.05) is 0 Å². The van der Waals surface area contributed by atoms with E-state index in [1.165, 1.54) is 108 Å². The molecule has 3 heteroatoms. The van der Waals surface area contributed by atoms with Crippen LogP contribution in [0.3, 0.4) is 0 Å². The third-order valence-electron chi connectivity index (χ3n) is 6.34. The first kappa shape index (κ1) is 30.4. The lowest BCUT2D eigenvalue weighted by atomic mass is 9.88. The van der Waals surface area contributed by atoms with Crippen molar-refractivity contribution in [3.05, 3.63) is 11.1 Å². The fraction of sp³-hybridized carbons (Fsp3) is 0.893. The van der Waals surface area contributed by atoms with E-state index in [1.807, 2.05) is 0 Å². The summed E-state index contributed by atoms with van der Waals surface area (Å²) in [6, 6.07) is 0. The average Bonchev–Trinajstić information content (AvgIpc) is 2.73. The Labute approximate surface area is 198 Å². The molecule has 0 heterocycles. The Morgan fingerprint density at radius 2 is 1.06 bits per heavy atom. The molecule has 0 bridgehead atoms. The predicted molar refractivity (Wildman–Crippen MR) is 137 cm³/mol. The van der Waals surface area contributed by atoms with Gasteiger partial charge < -0.3 is 4.43 Å². The summed E-state index contributed by atoms with van der Waals surface area (Å²) in [5.74, 6) is 0.654. The minimum absolute atomic E-state index is 0.203. The Hall–Kier alpha value is -0.573. The first-order valence-electron chi connectivity index (χ1n) is 13.5. The first-order chi connectivity index (χ1) is 14.9. The molecular weight excluding hydrogens is 396 g/mol. The SMILES string of the molecule is CCCCCCCCCCCCCCCCCC/C(=C(\CC(C)C)C(=O)O[Si])C(C)C. The van der Waals surface area contributed by atoms with Crippen molar-refractivity contribution in [2.24, 2.45) is 11.8 Å². The zero-order valence-corrected chi connectivity index (χ0v) is 22.7. The number of hydrogen-bond donors (Lipinski definition) is 0. The monoisotopic (exact) mass is 449 g/mol. The zero-order chi connectivity index (χ0) is 23.3. The van der Waals surface area contributed by atoms with Crippen molar-refractivity contribution in [1.29, 1.82) is 0 Å². The molecule has 0 saturated heterocycles. The van der Waals surface area contributed by atoms with Gasteiger partial charge in [0.05, 0.1) is 0 Å². The van der Waals surface area contributed by atoms with Gasteiger partial charge in [0, 0.05) is 5.57 Å². The summed E-state index contributed by atoms with van der Waals surface area (Å²) >= 11 is 0. The van der Waals surface area contributed by atoms with Gasteiger partial charge in [0.15, 0.2) is 0 Å². The van der Waals surface area contributed by atoms with E-state index in [0.29, 0.717) is 11.8 Å². The molecule has 0 saturated carbocycles. The van der Waals surface area contributed by atoms with Crippen molar-refractivity contribution in [3.63, 3.8) is 0 Å². The molecule has 0 fully saturated rings. The van der Waals surface area contributed by atoms with Crippen LogP contribution >= 0.6 is 0 Å². The maximum absolute atomic E-state index is 12.2. The molecule has 0 spiro atoms. The molecule has 0 N–H and O–H groups in total. The number of unbranched alkanes of at least 4 members (excludes halogenated alkanes) is 15. The predicted octanol–water partition coefficient (Wildman–Crippen LogP) is 9.26. The standard InChI is InChI=1S/C28H53O2Si/c1-6-7-8-9-10-11-12-13-14-15-16-17-18-19-20-21-22-26(25(4)5)27(23-24(2)3)28(29)30-31/h24-25H,6-23H2,1-5H3/b27-26-.